The Morgan fingerprint density at radius 3 is 2.30 bits per heavy atom. The molecule has 10 heavy (non-hydrogen) atoms. The summed E-state index contributed by atoms with van der Waals surface area (Å²) in [5.74, 6) is 0.305. The summed E-state index contributed by atoms with van der Waals surface area (Å²) in [6, 6.07) is 0. The molecule has 0 aromatic carbocycles. The number of hydrogen-bond acceptors (Lipinski definition) is 1. The molecule has 0 aliphatic heterocycles. The van der Waals surface area contributed by atoms with E-state index < -0.39 is 0 Å². The second-order valence-corrected chi connectivity index (χ2v) is 2.37. The summed E-state index contributed by atoms with van der Waals surface area (Å²) in [5.41, 5.74) is 0. The van der Waals surface area contributed by atoms with E-state index in [1.165, 1.54) is 0 Å². The molecule has 0 unspecified atom stereocenters. The molecule has 0 radical (unpaired) electrons. The monoisotopic (exact) mass is 183 g/mol. The second-order valence-electron chi connectivity index (χ2n) is 2.37. The minimum absolute atomic E-state index is 0. The van der Waals surface area contributed by atoms with Gasteiger partial charge in [0.05, 0.1) is 0 Å². The van der Waals surface area contributed by atoms with Crippen LogP contribution in [-0.2, 0) is 21.9 Å². The Morgan fingerprint density at radius 1 is 1.30 bits per heavy atom. The smallest absolute Gasteiger partial charge is 0.129 e. The standard InChI is InChI=1S/C8H15O.Fe/c1-3-4-5-6-7-8(2)9;/h1,3-7H2,2H3;/q-1;. The number of unbranched alkanes of at least 4 members (excludes halogenated alkanes) is 3. The first-order chi connectivity index (χ1) is 4.27. The van der Waals surface area contributed by atoms with Crippen molar-refractivity contribution in [2.45, 2.75) is 39.0 Å². The van der Waals surface area contributed by atoms with Crippen LogP contribution in [0.5, 0.6) is 0 Å². The van der Waals surface area contributed by atoms with Crippen LogP contribution in [0.3, 0.4) is 0 Å². The third-order valence-corrected chi connectivity index (χ3v) is 1.28. The zero-order valence-corrected chi connectivity index (χ0v) is 7.61. The van der Waals surface area contributed by atoms with Crippen molar-refractivity contribution in [3.63, 3.8) is 0 Å². The predicted octanol–water partition coefficient (Wildman–Crippen LogP) is 2.36. The van der Waals surface area contributed by atoms with Gasteiger partial charge in [-0.3, -0.25) is 0 Å². The first-order valence-electron chi connectivity index (χ1n) is 3.56. The number of ketones is 1. The number of Topliss-reactive ketones (excluding diaryl/α,β-unsaturated/α-hetero) is 1. The van der Waals surface area contributed by atoms with E-state index in [4.69, 9.17) is 0 Å². The molecule has 0 aliphatic rings. The first kappa shape index (κ1) is 12.8. The average molecular weight is 183 g/mol. The van der Waals surface area contributed by atoms with Crippen LogP contribution in [0.2, 0.25) is 0 Å². The Labute approximate surface area is 74.1 Å². The summed E-state index contributed by atoms with van der Waals surface area (Å²) in [7, 11) is 0. The maximum Gasteiger partial charge on any atom is 0.129 e. The topological polar surface area (TPSA) is 17.1 Å². The summed E-state index contributed by atoms with van der Waals surface area (Å²) >= 11 is 0. The largest absolute Gasteiger partial charge is 0.343 e. The summed E-state index contributed by atoms with van der Waals surface area (Å²) < 4.78 is 0. The minimum atomic E-state index is 0. The summed E-state index contributed by atoms with van der Waals surface area (Å²) in [5, 5.41) is 0. The van der Waals surface area contributed by atoms with Gasteiger partial charge in [0.25, 0.3) is 0 Å². The van der Waals surface area contributed by atoms with E-state index in [1.54, 1.807) is 6.92 Å². The van der Waals surface area contributed by atoms with Gasteiger partial charge in [-0.1, -0.05) is 12.8 Å². The van der Waals surface area contributed by atoms with Gasteiger partial charge < -0.3 is 11.7 Å². The molecule has 0 atom stereocenters. The molecule has 0 heterocycles. The van der Waals surface area contributed by atoms with Crippen LogP contribution in [0, 0.1) is 6.92 Å². The Bertz CT molecular complexity index is 81.3. The molecular formula is C8H15FeO-. The van der Waals surface area contributed by atoms with Crippen LogP contribution in [0.25, 0.3) is 0 Å². The fraction of sp³-hybridized carbons (Fsp3) is 0.750. The molecule has 2 heteroatoms. The molecule has 0 spiro atoms. The van der Waals surface area contributed by atoms with Crippen molar-refractivity contribution in [3.8, 4) is 0 Å². The zero-order valence-electron chi connectivity index (χ0n) is 6.50. The van der Waals surface area contributed by atoms with E-state index in [0.29, 0.717) is 5.78 Å². The molecule has 0 bridgehead atoms. The first-order valence-corrected chi connectivity index (χ1v) is 3.56. The van der Waals surface area contributed by atoms with Crippen LogP contribution in [0.4, 0.5) is 0 Å². The van der Waals surface area contributed by atoms with Gasteiger partial charge in [0.2, 0.25) is 0 Å². The van der Waals surface area contributed by atoms with Gasteiger partial charge in [0.1, 0.15) is 5.78 Å². The maximum absolute atomic E-state index is 10.4. The van der Waals surface area contributed by atoms with Crippen molar-refractivity contribution in [1.82, 2.24) is 0 Å². The van der Waals surface area contributed by atoms with Crippen molar-refractivity contribution in [3.05, 3.63) is 6.92 Å². The fourth-order valence-electron chi connectivity index (χ4n) is 0.727. The Hall–Kier alpha value is 0.189. The van der Waals surface area contributed by atoms with Crippen molar-refractivity contribution in [2.75, 3.05) is 0 Å². The number of hydrogen-bond donors (Lipinski definition) is 0. The Morgan fingerprint density at radius 2 is 1.90 bits per heavy atom. The summed E-state index contributed by atoms with van der Waals surface area (Å²) in [4.78, 5) is 10.4. The normalized spacial score (nSPS) is 8.60. The van der Waals surface area contributed by atoms with E-state index in [9.17, 15) is 4.79 Å². The van der Waals surface area contributed by atoms with Gasteiger partial charge >= 0.3 is 0 Å². The Kier molecular flexibility index (Phi) is 11.8. The molecule has 0 aliphatic carbocycles. The SMILES string of the molecule is [CH2-]CCCCCC(C)=O.[Fe]. The van der Waals surface area contributed by atoms with Crippen LogP contribution >= 0.6 is 0 Å². The van der Waals surface area contributed by atoms with Crippen molar-refractivity contribution in [2.24, 2.45) is 0 Å². The average Bonchev–Trinajstić information content (AvgIpc) is 1.80. The van der Waals surface area contributed by atoms with Crippen molar-refractivity contribution in [1.29, 1.82) is 0 Å². The minimum Gasteiger partial charge on any atom is -0.343 e. The van der Waals surface area contributed by atoms with Gasteiger partial charge in [0, 0.05) is 23.5 Å². The molecular weight excluding hydrogens is 168 g/mol. The van der Waals surface area contributed by atoms with E-state index in [2.05, 4.69) is 6.92 Å². The zero-order chi connectivity index (χ0) is 7.11. The predicted molar refractivity (Wildman–Crippen MR) is 39.1 cm³/mol. The third kappa shape index (κ3) is 11.0. The van der Waals surface area contributed by atoms with E-state index in [1.807, 2.05) is 0 Å². The Balaban J connectivity index is 0. The molecule has 0 rings (SSSR count). The number of carbonyl (C=O) groups excluding carboxylic acids is 1. The van der Waals surface area contributed by atoms with Crippen LogP contribution in [0.1, 0.15) is 39.0 Å². The number of rotatable bonds is 5. The van der Waals surface area contributed by atoms with Crippen molar-refractivity contribution >= 4 is 5.78 Å². The summed E-state index contributed by atoms with van der Waals surface area (Å²) in [6.07, 6.45) is 5.11. The van der Waals surface area contributed by atoms with E-state index >= 15 is 0 Å². The quantitative estimate of drug-likeness (QED) is 0.363. The summed E-state index contributed by atoms with van der Waals surface area (Å²) in [6.45, 7) is 5.36. The maximum atomic E-state index is 10.4. The van der Waals surface area contributed by atoms with Crippen molar-refractivity contribution < 1.29 is 21.9 Å². The van der Waals surface area contributed by atoms with Gasteiger partial charge in [-0.15, -0.1) is 0 Å². The van der Waals surface area contributed by atoms with Crippen LogP contribution in [-0.4, -0.2) is 5.78 Å². The second kappa shape index (κ2) is 9.19. The fourth-order valence-corrected chi connectivity index (χ4v) is 0.727. The molecule has 0 N–H and O–H groups in total. The molecule has 0 saturated heterocycles. The van der Waals surface area contributed by atoms with E-state index in [-0.39, 0.29) is 17.1 Å². The molecule has 62 valence electrons. The number of carbonyl (C=O) groups is 1. The molecule has 0 saturated carbocycles. The molecule has 0 amide bonds. The molecule has 0 aromatic heterocycles. The third-order valence-electron chi connectivity index (χ3n) is 1.28. The van der Waals surface area contributed by atoms with Gasteiger partial charge in [-0.2, -0.15) is 6.42 Å². The van der Waals surface area contributed by atoms with E-state index in [0.717, 1.165) is 32.1 Å². The molecule has 0 aromatic rings. The van der Waals surface area contributed by atoms with Gasteiger partial charge in [-0.25, -0.2) is 0 Å². The molecule has 0 fully saturated rings. The van der Waals surface area contributed by atoms with Gasteiger partial charge in [0.15, 0.2) is 0 Å². The van der Waals surface area contributed by atoms with Crippen LogP contribution < -0.4 is 0 Å². The van der Waals surface area contributed by atoms with Crippen LogP contribution in [0.15, 0.2) is 0 Å². The van der Waals surface area contributed by atoms with Gasteiger partial charge in [-0.05, 0) is 13.3 Å². The molecule has 1 nitrogen and oxygen atoms in total.